The van der Waals surface area contributed by atoms with E-state index in [1.165, 1.54) is 0 Å². The van der Waals surface area contributed by atoms with E-state index >= 15 is 0 Å². The van der Waals surface area contributed by atoms with Gasteiger partial charge in [-0.2, -0.15) is 0 Å². The number of carbonyl (C=O) groups excluding carboxylic acids is 1. The second kappa shape index (κ2) is 5.03. The molecule has 7 heteroatoms. The highest BCUT2D eigenvalue weighted by Crippen LogP contribution is 2.26. The SMILES string of the molecule is COC(=O)Cc1ccc(OC(F)(F)F)c(F)c1. The molecule has 0 N–H and O–H groups in total. The molecule has 3 nitrogen and oxygen atoms in total. The number of methoxy groups -OCH3 is 1. The van der Waals surface area contributed by atoms with Crippen molar-refractivity contribution < 1.29 is 31.8 Å². The second-order valence-electron chi connectivity index (χ2n) is 3.07. The number of benzene rings is 1. The zero-order valence-corrected chi connectivity index (χ0v) is 8.68. The summed E-state index contributed by atoms with van der Waals surface area (Å²) >= 11 is 0. The van der Waals surface area contributed by atoms with E-state index in [1.54, 1.807) is 0 Å². The Morgan fingerprint density at radius 2 is 2.00 bits per heavy atom. The molecule has 1 aromatic rings. The maximum atomic E-state index is 13.2. The zero-order chi connectivity index (χ0) is 13.1. The van der Waals surface area contributed by atoms with Gasteiger partial charge in [0.15, 0.2) is 11.6 Å². The molecule has 0 unspecified atom stereocenters. The summed E-state index contributed by atoms with van der Waals surface area (Å²) in [5.74, 6) is -2.75. The number of esters is 1. The molecule has 0 saturated heterocycles. The van der Waals surface area contributed by atoms with E-state index in [4.69, 9.17) is 0 Å². The molecule has 0 fully saturated rings. The molecule has 1 rings (SSSR count). The highest BCUT2D eigenvalue weighted by Gasteiger charge is 2.32. The van der Waals surface area contributed by atoms with Crippen LogP contribution in [0.15, 0.2) is 18.2 Å². The van der Waals surface area contributed by atoms with Crippen LogP contribution in [0, 0.1) is 5.82 Å². The van der Waals surface area contributed by atoms with Gasteiger partial charge in [-0.15, -0.1) is 13.2 Å². The summed E-state index contributed by atoms with van der Waals surface area (Å²) in [6.07, 6.45) is -5.18. The predicted molar refractivity (Wildman–Crippen MR) is 48.8 cm³/mol. The van der Waals surface area contributed by atoms with E-state index in [-0.39, 0.29) is 12.0 Å². The third kappa shape index (κ3) is 4.29. The molecule has 0 amide bonds. The van der Waals surface area contributed by atoms with Gasteiger partial charge in [0.25, 0.3) is 0 Å². The fraction of sp³-hybridized carbons (Fsp3) is 0.300. The maximum absolute atomic E-state index is 13.2. The Labute approximate surface area is 93.9 Å². The molecule has 94 valence electrons. The number of carbonyl (C=O) groups is 1. The summed E-state index contributed by atoms with van der Waals surface area (Å²) in [4.78, 5) is 10.9. The molecular weight excluding hydrogens is 244 g/mol. The minimum atomic E-state index is -4.95. The minimum absolute atomic E-state index is 0.198. The number of ether oxygens (including phenoxy) is 2. The van der Waals surface area contributed by atoms with Gasteiger partial charge in [-0.25, -0.2) is 4.39 Å². The van der Waals surface area contributed by atoms with Crippen LogP contribution in [-0.4, -0.2) is 19.4 Å². The van der Waals surface area contributed by atoms with E-state index in [2.05, 4.69) is 9.47 Å². The molecule has 0 aliphatic heterocycles. The van der Waals surface area contributed by atoms with E-state index in [0.717, 1.165) is 25.3 Å². The predicted octanol–water partition coefficient (Wildman–Crippen LogP) is 2.44. The van der Waals surface area contributed by atoms with Gasteiger partial charge in [-0.1, -0.05) is 6.07 Å². The highest BCUT2D eigenvalue weighted by atomic mass is 19.4. The van der Waals surface area contributed by atoms with Crippen LogP contribution < -0.4 is 4.74 Å². The van der Waals surface area contributed by atoms with Crippen LogP contribution in [0.1, 0.15) is 5.56 Å². The smallest absolute Gasteiger partial charge is 0.469 e. The lowest BCUT2D eigenvalue weighted by atomic mass is 10.1. The topological polar surface area (TPSA) is 35.5 Å². The molecule has 0 atom stereocenters. The summed E-state index contributed by atoms with van der Waals surface area (Å²) < 4.78 is 56.4. The average Bonchev–Trinajstić information content (AvgIpc) is 2.20. The summed E-state index contributed by atoms with van der Waals surface area (Å²) in [5, 5.41) is 0. The van der Waals surface area contributed by atoms with E-state index in [9.17, 15) is 22.4 Å². The maximum Gasteiger partial charge on any atom is 0.573 e. The Morgan fingerprint density at radius 1 is 1.35 bits per heavy atom. The van der Waals surface area contributed by atoms with Crippen molar-refractivity contribution in [2.75, 3.05) is 7.11 Å². The molecule has 0 aromatic heterocycles. The summed E-state index contributed by atoms with van der Waals surface area (Å²) in [6, 6.07) is 2.75. The van der Waals surface area contributed by atoms with Crippen LogP contribution in [0.3, 0.4) is 0 Å². The molecule has 0 saturated carbocycles. The number of hydrogen-bond acceptors (Lipinski definition) is 3. The van der Waals surface area contributed by atoms with Crippen LogP contribution in [0.25, 0.3) is 0 Å². The van der Waals surface area contributed by atoms with E-state index in [0.29, 0.717) is 0 Å². The molecule has 17 heavy (non-hydrogen) atoms. The van der Waals surface area contributed by atoms with Crippen molar-refractivity contribution in [2.45, 2.75) is 12.8 Å². The lowest BCUT2D eigenvalue weighted by molar-refractivity contribution is -0.275. The summed E-state index contributed by atoms with van der Waals surface area (Å²) in [6.45, 7) is 0. The molecule has 0 heterocycles. The van der Waals surface area contributed by atoms with Gasteiger partial charge in [0.2, 0.25) is 0 Å². The number of halogens is 4. The van der Waals surface area contributed by atoms with E-state index in [1.807, 2.05) is 0 Å². The van der Waals surface area contributed by atoms with Gasteiger partial charge < -0.3 is 9.47 Å². The first-order valence-electron chi connectivity index (χ1n) is 4.43. The van der Waals surface area contributed by atoms with Gasteiger partial charge in [0.05, 0.1) is 13.5 Å². The highest BCUT2D eigenvalue weighted by molar-refractivity contribution is 5.72. The number of rotatable bonds is 3. The molecular formula is C10H8F4O3. The van der Waals surface area contributed by atoms with Crippen molar-refractivity contribution in [3.8, 4) is 5.75 Å². The summed E-state index contributed by atoms with van der Waals surface area (Å²) in [5.41, 5.74) is 0.198. The lowest BCUT2D eigenvalue weighted by Crippen LogP contribution is -2.18. The van der Waals surface area contributed by atoms with Crippen LogP contribution in [0.4, 0.5) is 17.6 Å². The Hall–Kier alpha value is -1.79. The Morgan fingerprint density at radius 3 is 2.47 bits per heavy atom. The normalized spacial score (nSPS) is 11.1. The fourth-order valence-electron chi connectivity index (χ4n) is 1.10. The lowest BCUT2D eigenvalue weighted by Gasteiger charge is -2.10. The minimum Gasteiger partial charge on any atom is -0.469 e. The van der Waals surface area contributed by atoms with Crippen molar-refractivity contribution in [1.82, 2.24) is 0 Å². The average molecular weight is 252 g/mol. The molecule has 0 aliphatic rings. The van der Waals surface area contributed by atoms with Crippen LogP contribution >= 0.6 is 0 Å². The number of alkyl halides is 3. The number of hydrogen-bond donors (Lipinski definition) is 0. The molecule has 0 radical (unpaired) electrons. The third-order valence-corrected chi connectivity index (χ3v) is 1.80. The van der Waals surface area contributed by atoms with E-state index < -0.39 is 23.9 Å². The Kier molecular flexibility index (Phi) is 3.93. The van der Waals surface area contributed by atoms with Crippen molar-refractivity contribution in [2.24, 2.45) is 0 Å². The van der Waals surface area contributed by atoms with Crippen LogP contribution in [0.5, 0.6) is 5.75 Å². The van der Waals surface area contributed by atoms with Crippen molar-refractivity contribution in [3.63, 3.8) is 0 Å². The third-order valence-electron chi connectivity index (χ3n) is 1.80. The largest absolute Gasteiger partial charge is 0.573 e. The van der Waals surface area contributed by atoms with Gasteiger partial charge in [0.1, 0.15) is 0 Å². The van der Waals surface area contributed by atoms with Gasteiger partial charge in [0, 0.05) is 0 Å². The Balaban J connectivity index is 2.83. The molecule has 0 aliphatic carbocycles. The first-order valence-corrected chi connectivity index (χ1v) is 4.43. The quantitative estimate of drug-likeness (QED) is 0.612. The first-order chi connectivity index (χ1) is 7.81. The van der Waals surface area contributed by atoms with Crippen LogP contribution in [0.2, 0.25) is 0 Å². The Bertz CT molecular complexity index is 415. The molecule has 1 aromatic carbocycles. The standard InChI is InChI=1S/C10H8F4O3/c1-16-9(15)5-6-2-3-8(7(11)4-6)17-10(12,13)14/h2-4H,5H2,1H3. The van der Waals surface area contributed by atoms with Crippen LogP contribution in [-0.2, 0) is 16.0 Å². The van der Waals surface area contributed by atoms with Crippen molar-refractivity contribution in [3.05, 3.63) is 29.6 Å². The van der Waals surface area contributed by atoms with Crippen molar-refractivity contribution >= 4 is 5.97 Å². The second-order valence-corrected chi connectivity index (χ2v) is 3.07. The fourth-order valence-corrected chi connectivity index (χ4v) is 1.10. The van der Waals surface area contributed by atoms with Gasteiger partial charge >= 0.3 is 12.3 Å². The monoisotopic (exact) mass is 252 g/mol. The van der Waals surface area contributed by atoms with Crippen molar-refractivity contribution in [1.29, 1.82) is 0 Å². The summed E-state index contributed by atoms with van der Waals surface area (Å²) in [7, 11) is 1.15. The van der Waals surface area contributed by atoms with Gasteiger partial charge in [-0.05, 0) is 17.7 Å². The zero-order valence-electron chi connectivity index (χ0n) is 8.68. The van der Waals surface area contributed by atoms with Gasteiger partial charge in [-0.3, -0.25) is 4.79 Å². The first kappa shape index (κ1) is 13.3. The molecule has 0 spiro atoms. The molecule has 0 bridgehead atoms.